The summed E-state index contributed by atoms with van der Waals surface area (Å²) < 4.78 is 31.9. The first kappa shape index (κ1) is 22.4. The maximum absolute atomic E-state index is 12.6. The lowest BCUT2D eigenvalue weighted by molar-refractivity contribution is -0.115. The highest BCUT2D eigenvalue weighted by molar-refractivity contribution is 7.89. The number of sulfonamides is 1. The van der Waals surface area contributed by atoms with Gasteiger partial charge in [-0.25, -0.2) is 8.42 Å². The summed E-state index contributed by atoms with van der Waals surface area (Å²) in [4.78, 5) is 12.2. The van der Waals surface area contributed by atoms with Gasteiger partial charge < -0.3 is 10.1 Å². The lowest BCUT2D eigenvalue weighted by Gasteiger charge is -2.26. The molecule has 1 heterocycles. The van der Waals surface area contributed by atoms with Gasteiger partial charge in [0.2, 0.25) is 15.9 Å². The number of rotatable bonds is 5. The van der Waals surface area contributed by atoms with Crippen LogP contribution in [-0.4, -0.2) is 50.0 Å². The number of amides is 1. The third-order valence-corrected chi connectivity index (χ3v) is 6.74. The van der Waals surface area contributed by atoms with Crippen molar-refractivity contribution in [2.45, 2.75) is 4.90 Å². The molecule has 0 bridgehead atoms. The monoisotopic (exact) mass is 465 g/mol. The van der Waals surface area contributed by atoms with Gasteiger partial charge in [-0.2, -0.15) is 4.31 Å². The Labute approximate surface area is 185 Å². The number of hydrogen-bond donors (Lipinski definition) is 2. The number of carbonyl (C=O) groups excluding carboxylic acids is 1. The SMILES string of the molecule is O=C(C=Cc1ccccc1Cl)NC(=S)Nc1ccc(S(=O)(=O)N2CCOCC2)cc1. The fraction of sp³-hybridized carbons (Fsp3) is 0.200. The summed E-state index contributed by atoms with van der Waals surface area (Å²) in [6, 6.07) is 13.3. The van der Waals surface area contributed by atoms with E-state index >= 15 is 0 Å². The molecule has 1 aliphatic rings. The van der Waals surface area contributed by atoms with Crippen molar-refractivity contribution in [2.75, 3.05) is 31.6 Å². The zero-order valence-corrected chi connectivity index (χ0v) is 18.3. The van der Waals surface area contributed by atoms with Crippen molar-refractivity contribution in [3.05, 3.63) is 65.2 Å². The molecule has 0 aliphatic carbocycles. The lowest BCUT2D eigenvalue weighted by Crippen LogP contribution is -2.40. The van der Waals surface area contributed by atoms with Crippen LogP contribution in [0.2, 0.25) is 5.02 Å². The number of benzene rings is 2. The molecule has 0 spiro atoms. The molecule has 0 radical (unpaired) electrons. The van der Waals surface area contributed by atoms with Crippen LogP contribution >= 0.6 is 23.8 Å². The Balaban J connectivity index is 1.56. The summed E-state index contributed by atoms with van der Waals surface area (Å²) in [5, 5.41) is 6.00. The molecule has 2 N–H and O–H groups in total. The molecule has 1 saturated heterocycles. The molecule has 2 aromatic rings. The topological polar surface area (TPSA) is 87.7 Å². The molecular formula is C20H20ClN3O4S2. The Kier molecular flexibility index (Phi) is 7.57. The number of thiocarbonyl (C=S) groups is 1. The van der Waals surface area contributed by atoms with Crippen molar-refractivity contribution in [1.82, 2.24) is 9.62 Å². The summed E-state index contributed by atoms with van der Waals surface area (Å²) in [5.74, 6) is -0.418. The largest absolute Gasteiger partial charge is 0.379 e. The molecule has 1 fully saturated rings. The average molecular weight is 466 g/mol. The highest BCUT2D eigenvalue weighted by Crippen LogP contribution is 2.19. The standard InChI is InChI=1S/C20H20ClN3O4S2/c21-18-4-2-1-3-15(18)5-10-19(25)23-20(29)22-16-6-8-17(9-7-16)30(26,27)24-11-13-28-14-12-24/h1-10H,11-14H2,(H2,22,23,25,29). The third kappa shape index (κ3) is 5.87. The van der Waals surface area contributed by atoms with Crippen LogP contribution in [0, 0.1) is 0 Å². The summed E-state index contributed by atoms with van der Waals surface area (Å²) >= 11 is 11.2. The van der Waals surface area contributed by atoms with Crippen LogP contribution in [0.1, 0.15) is 5.56 Å². The number of anilines is 1. The fourth-order valence-corrected chi connectivity index (χ4v) is 4.56. The van der Waals surface area contributed by atoms with Crippen LogP contribution in [0.15, 0.2) is 59.5 Å². The molecule has 0 saturated carbocycles. The van der Waals surface area contributed by atoms with Gasteiger partial charge in [0.1, 0.15) is 0 Å². The van der Waals surface area contributed by atoms with Crippen LogP contribution in [-0.2, 0) is 19.6 Å². The Morgan fingerprint density at radius 1 is 1.10 bits per heavy atom. The molecule has 10 heteroatoms. The Bertz CT molecular complexity index is 1050. The van der Waals surface area contributed by atoms with Gasteiger partial charge >= 0.3 is 0 Å². The lowest BCUT2D eigenvalue weighted by atomic mass is 10.2. The highest BCUT2D eigenvalue weighted by Gasteiger charge is 2.26. The van der Waals surface area contributed by atoms with E-state index in [0.29, 0.717) is 42.6 Å². The quantitative estimate of drug-likeness (QED) is 0.521. The number of nitrogens with zero attached hydrogens (tertiary/aromatic N) is 1. The van der Waals surface area contributed by atoms with Crippen molar-refractivity contribution in [1.29, 1.82) is 0 Å². The minimum Gasteiger partial charge on any atom is -0.379 e. The minimum atomic E-state index is -3.56. The van der Waals surface area contributed by atoms with E-state index in [4.69, 9.17) is 28.6 Å². The third-order valence-electron chi connectivity index (χ3n) is 4.28. The summed E-state index contributed by atoms with van der Waals surface area (Å²) in [5.41, 5.74) is 1.27. The van der Waals surface area contributed by atoms with Gasteiger partial charge in [0.25, 0.3) is 0 Å². The van der Waals surface area contributed by atoms with E-state index in [2.05, 4.69) is 10.6 Å². The van der Waals surface area contributed by atoms with Crippen molar-refractivity contribution in [3.63, 3.8) is 0 Å². The summed E-state index contributed by atoms with van der Waals surface area (Å²) in [6.45, 7) is 1.44. The van der Waals surface area contributed by atoms with Crippen LogP contribution in [0.4, 0.5) is 5.69 Å². The molecule has 2 aromatic carbocycles. The Morgan fingerprint density at radius 2 is 1.77 bits per heavy atom. The number of carbonyl (C=O) groups is 1. The molecule has 0 atom stereocenters. The second-order valence-electron chi connectivity index (χ2n) is 6.34. The van der Waals surface area contributed by atoms with Gasteiger partial charge in [0.05, 0.1) is 18.1 Å². The predicted octanol–water partition coefficient (Wildman–Crippen LogP) is 2.89. The number of hydrogen-bond acceptors (Lipinski definition) is 5. The van der Waals surface area contributed by atoms with Gasteiger partial charge in [-0.3, -0.25) is 10.1 Å². The van der Waals surface area contributed by atoms with Crippen LogP contribution < -0.4 is 10.6 Å². The molecule has 1 amide bonds. The first-order chi connectivity index (χ1) is 14.4. The second kappa shape index (κ2) is 10.1. The van der Waals surface area contributed by atoms with E-state index in [9.17, 15) is 13.2 Å². The zero-order valence-electron chi connectivity index (χ0n) is 15.9. The first-order valence-electron chi connectivity index (χ1n) is 9.09. The predicted molar refractivity (Wildman–Crippen MR) is 121 cm³/mol. The fourth-order valence-electron chi connectivity index (χ4n) is 2.74. The summed E-state index contributed by atoms with van der Waals surface area (Å²) in [7, 11) is -3.56. The number of morpholine rings is 1. The Morgan fingerprint density at radius 3 is 2.43 bits per heavy atom. The Hall–Kier alpha value is -2.30. The van der Waals surface area contributed by atoms with Gasteiger partial charge in [-0.15, -0.1) is 0 Å². The van der Waals surface area contributed by atoms with Crippen molar-refractivity contribution in [2.24, 2.45) is 0 Å². The number of ether oxygens (including phenoxy) is 1. The molecule has 3 rings (SSSR count). The van der Waals surface area contributed by atoms with Gasteiger partial charge in [-0.1, -0.05) is 29.8 Å². The molecule has 7 nitrogen and oxygen atoms in total. The van der Waals surface area contributed by atoms with Gasteiger partial charge in [-0.05, 0) is 54.2 Å². The van der Waals surface area contributed by atoms with Crippen molar-refractivity contribution in [3.8, 4) is 0 Å². The van der Waals surface area contributed by atoms with Crippen LogP contribution in [0.25, 0.3) is 6.08 Å². The average Bonchev–Trinajstić information content (AvgIpc) is 2.74. The maximum atomic E-state index is 12.6. The molecule has 158 valence electrons. The normalized spacial score (nSPS) is 15.1. The molecule has 0 unspecified atom stereocenters. The minimum absolute atomic E-state index is 0.0904. The van der Waals surface area contributed by atoms with E-state index in [1.807, 2.05) is 6.07 Å². The molecule has 1 aliphatic heterocycles. The molecule has 0 aromatic heterocycles. The van der Waals surface area contributed by atoms with E-state index in [-0.39, 0.29) is 10.0 Å². The van der Waals surface area contributed by atoms with E-state index in [1.54, 1.807) is 36.4 Å². The van der Waals surface area contributed by atoms with Gasteiger partial charge in [0.15, 0.2) is 5.11 Å². The number of nitrogens with one attached hydrogen (secondary N) is 2. The highest BCUT2D eigenvalue weighted by atomic mass is 35.5. The van der Waals surface area contributed by atoms with E-state index in [0.717, 1.165) is 0 Å². The van der Waals surface area contributed by atoms with Crippen LogP contribution in [0.5, 0.6) is 0 Å². The smallest absolute Gasteiger partial charge is 0.250 e. The molecular weight excluding hydrogens is 446 g/mol. The van der Waals surface area contributed by atoms with Crippen molar-refractivity contribution < 1.29 is 17.9 Å². The summed E-state index contributed by atoms with van der Waals surface area (Å²) in [6.07, 6.45) is 2.92. The van der Waals surface area contributed by atoms with Crippen molar-refractivity contribution >= 4 is 56.6 Å². The first-order valence-corrected chi connectivity index (χ1v) is 11.3. The second-order valence-corrected chi connectivity index (χ2v) is 9.09. The van der Waals surface area contributed by atoms with E-state index in [1.165, 1.54) is 22.5 Å². The maximum Gasteiger partial charge on any atom is 0.250 e. The molecule has 30 heavy (non-hydrogen) atoms. The zero-order chi connectivity index (χ0) is 21.6. The van der Waals surface area contributed by atoms with E-state index < -0.39 is 15.9 Å². The number of halogens is 1. The van der Waals surface area contributed by atoms with Crippen LogP contribution in [0.3, 0.4) is 0 Å². The van der Waals surface area contributed by atoms with Gasteiger partial charge in [0, 0.05) is 29.9 Å².